The van der Waals surface area contributed by atoms with Crippen LogP contribution in [0.4, 0.5) is 11.8 Å². The van der Waals surface area contributed by atoms with Crippen molar-refractivity contribution in [2.75, 3.05) is 18.1 Å². The summed E-state index contributed by atoms with van der Waals surface area (Å²) in [6.07, 6.45) is 5.28. The lowest BCUT2D eigenvalue weighted by Crippen LogP contribution is -2.33. The molecule has 0 aliphatic heterocycles. The Morgan fingerprint density at radius 1 is 0.971 bits per heavy atom. The van der Waals surface area contributed by atoms with Gasteiger partial charge in [0.2, 0.25) is 5.95 Å². The molecule has 0 bridgehead atoms. The smallest absolute Gasteiger partial charge is 0.358 e. The van der Waals surface area contributed by atoms with Crippen LogP contribution < -0.4 is 16.2 Å². The molecule has 0 amide bonds. The highest BCUT2D eigenvalue weighted by atomic mass is 32.1. The summed E-state index contributed by atoms with van der Waals surface area (Å²) < 4.78 is 19.8. The van der Waals surface area contributed by atoms with E-state index in [0.29, 0.717) is 30.1 Å². The first-order valence-corrected chi connectivity index (χ1v) is 11.5. The molecular weight excluding hydrogens is 464 g/mol. The van der Waals surface area contributed by atoms with Crippen molar-refractivity contribution in [1.29, 1.82) is 0 Å². The highest BCUT2D eigenvalue weighted by Gasteiger charge is 2.37. The van der Waals surface area contributed by atoms with Crippen LogP contribution in [0, 0.1) is 5.92 Å². The van der Waals surface area contributed by atoms with Gasteiger partial charge in [0, 0.05) is 18.1 Å². The minimum absolute atomic E-state index is 0.0148. The van der Waals surface area contributed by atoms with Gasteiger partial charge in [0.15, 0.2) is 11.5 Å². The van der Waals surface area contributed by atoms with Gasteiger partial charge in [-0.25, -0.2) is 4.98 Å². The molecule has 2 heterocycles. The Kier molecular flexibility index (Phi) is 6.55. The zero-order valence-electron chi connectivity index (χ0n) is 18.7. The van der Waals surface area contributed by atoms with Crippen LogP contribution in [0.1, 0.15) is 11.6 Å². The third kappa shape index (κ3) is 5.08. The summed E-state index contributed by atoms with van der Waals surface area (Å²) in [6.45, 7) is 0.911. The van der Waals surface area contributed by atoms with Crippen LogP contribution in [0.3, 0.4) is 0 Å². The van der Waals surface area contributed by atoms with Crippen molar-refractivity contribution in [2.24, 2.45) is 5.92 Å². The molecular formula is C25H24N6O3S. The third-order valence-corrected chi connectivity index (χ3v) is 5.88. The van der Waals surface area contributed by atoms with Crippen LogP contribution in [-0.4, -0.2) is 37.5 Å². The molecule has 0 spiro atoms. The second-order valence-corrected chi connectivity index (χ2v) is 8.41. The number of hydrogen-bond donors (Lipinski definition) is 2. The highest BCUT2D eigenvalue weighted by Crippen LogP contribution is 2.34. The second kappa shape index (κ2) is 10.1. The number of nitrogens with zero attached hydrogens (tertiary/aromatic N) is 4. The minimum atomic E-state index is -0.434. The first kappa shape index (κ1) is 22.8. The quantitative estimate of drug-likeness (QED) is 0.296. The van der Waals surface area contributed by atoms with E-state index in [2.05, 4.69) is 15.0 Å². The van der Waals surface area contributed by atoms with E-state index in [1.807, 2.05) is 77.4 Å². The van der Waals surface area contributed by atoms with Gasteiger partial charge >= 0.3 is 5.24 Å². The number of para-hydroxylation sites is 1. The van der Waals surface area contributed by atoms with E-state index in [-0.39, 0.29) is 29.0 Å². The molecule has 9 nitrogen and oxygen atoms in total. The van der Waals surface area contributed by atoms with Crippen LogP contribution in [0.25, 0.3) is 11.2 Å². The van der Waals surface area contributed by atoms with E-state index in [9.17, 15) is 0 Å². The summed E-state index contributed by atoms with van der Waals surface area (Å²) >= 11 is 5.43. The molecule has 0 fully saturated rings. The van der Waals surface area contributed by atoms with Crippen molar-refractivity contribution >= 4 is 40.4 Å². The molecule has 5 rings (SSSR count). The van der Waals surface area contributed by atoms with Crippen LogP contribution in [-0.2, 0) is 16.1 Å². The van der Waals surface area contributed by atoms with Gasteiger partial charge in [-0.15, -0.1) is 0 Å². The Balaban J connectivity index is 1.37. The number of thiocarbonyl (C=S) groups is 1. The maximum Gasteiger partial charge on any atom is 0.358 e. The number of hydrogen-bond acceptors (Lipinski definition) is 9. The van der Waals surface area contributed by atoms with Gasteiger partial charge < -0.3 is 30.2 Å². The number of nitrogens with two attached hydrogens (primary N) is 2. The molecule has 0 saturated heterocycles. The number of ether oxygens (including phenoxy) is 3. The van der Waals surface area contributed by atoms with Crippen LogP contribution in [0.15, 0.2) is 79.1 Å². The number of imidazole rings is 1. The zero-order chi connectivity index (χ0) is 24.2. The molecule has 35 heavy (non-hydrogen) atoms. The van der Waals surface area contributed by atoms with E-state index in [1.165, 1.54) is 0 Å². The molecule has 178 valence electrons. The molecule has 1 aliphatic rings. The number of benzene rings is 2. The van der Waals surface area contributed by atoms with E-state index in [4.69, 9.17) is 37.9 Å². The molecule has 1 aliphatic carbocycles. The molecule has 0 radical (unpaired) electrons. The van der Waals surface area contributed by atoms with E-state index >= 15 is 0 Å². The third-order valence-electron chi connectivity index (χ3n) is 5.70. The fourth-order valence-electron chi connectivity index (χ4n) is 4.07. The number of fused-ring (bicyclic) bond motifs is 1. The molecule has 0 unspecified atom stereocenters. The Labute approximate surface area is 207 Å². The maximum atomic E-state index is 6.19. The molecule has 2 aromatic heterocycles. The van der Waals surface area contributed by atoms with Crippen molar-refractivity contribution in [1.82, 2.24) is 19.5 Å². The molecule has 4 aromatic rings. The fourth-order valence-corrected chi connectivity index (χ4v) is 4.28. The molecule has 10 heteroatoms. The first-order valence-electron chi connectivity index (χ1n) is 11.1. The average Bonchev–Trinajstić information content (AvgIpc) is 3.44. The van der Waals surface area contributed by atoms with E-state index < -0.39 is 6.10 Å². The zero-order valence-corrected chi connectivity index (χ0v) is 19.5. The highest BCUT2D eigenvalue weighted by molar-refractivity contribution is 7.79. The van der Waals surface area contributed by atoms with Gasteiger partial charge in [-0.05, 0) is 17.7 Å². The summed E-state index contributed by atoms with van der Waals surface area (Å²) in [5, 5.41) is 0.0148. The van der Waals surface area contributed by atoms with E-state index in [0.717, 1.165) is 5.56 Å². The van der Waals surface area contributed by atoms with Crippen molar-refractivity contribution in [3.63, 3.8) is 0 Å². The summed E-state index contributed by atoms with van der Waals surface area (Å²) in [5.74, 6) is 0.784. The SMILES string of the molecule is Nc1nc(N)c2ncn([C@H]3C=C[C@@H](COCc4ccccc4)[C@@H]3OC(=S)Oc3ccccc3)c2n1. The summed E-state index contributed by atoms with van der Waals surface area (Å²) in [6, 6.07) is 19.0. The molecule has 0 saturated carbocycles. The largest absolute Gasteiger partial charge is 0.450 e. The van der Waals surface area contributed by atoms with Crippen molar-refractivity contribution in [3.8, 4) is 5.75 Å². The summed E-state index contributed by atoms with van der Waals surface area (Å²) in [5.41, 5.74) is 13.9. The Bertz CT molecular complexity index is 1350. The fraction of sp³-hybridized carbons (Fsp3) is 0.200. The number of anilines is 2. The summed E-state index contributed by atoms with van der Waals surface area (Å²) in [4.78, 5) is 12.7. The lowest BCUT2D eigenvalue weighted by atomic mass is 10.0. The van der Waals surface area contributed by atoms with E-state index in [1.54, 1.807) is 6.33 Å². The minimum Gasteiger partial charge on any atom is -0.450 e. The molecule has 2 aromatic carbocycles. The van der Waals surface area contributed by atoms with Gasteiger partial charge in [0.1, 0.15) is 17.4 Å². The van der Waals surface area contributed by atoms with Gasteiger partial charge in [-0.3, -0.25) is 0 Å². The second-order valence-electron chi connectivity index (χ2n) is 8.08. The van der Waals surface area contributed by atoms with Gasteiger partial charge in [0.25, 0.3) is 0 Å². The topological polar surface area (TPSA) is 123 Å². The predicted molar refractivity (Wildman–Crippen MR) is 136 cm³/mol. The predicted octanol–water partition coefficient (Wildman–Crippen LogP) is 3.68. The summed E-state index contributed by atoms with van der Waals surface area (Å²) in [7, 11) is 0. The lowest BCUT2D eigenvalue weighted by Gasteiger charge is -2.27. The van der Waals surface area contributed by atoms with Crippen molar-refractivity contribution in [2.45, 2.75) is 18.8 Å². The molecule has 3 atom stereocenters. The van der Waals surface area contributed by atoms with Crippen molar-refractivity contribution < 1.29 is 14.2 Å². The Hall–Kier alpha value is -4.02. The standard InChI is InChI=1S/C25H24N6O3S/c26-22-20-23(30-24(27)29-22)31(15-28-20)19-12-11-17(14-32-13-16-7-3-1-4-8-16)21(19)34-25(35)33-18-9-5-2-6-10-18/h1-12,15,17,19,21H,13-14H2,(H4,26,27,29,30)/t17-,19-,21-/m0/s1. The number of rotatable bonds is 7. The van der Waals surface area contributed by atoms with Gasteiger partial charge in [0.05, 0.1) is 25.6 Å². The average molecular weight is 489 g/mol. The van der Waals surface area contributed by atoms with Gasteiger partial charge in [-0.2, -0.15) is 9.97 Å². The molecule has 4 N–H and O–H groups in total. The Morgan fingerprint density at radius 3 is 2.49 bits per heavy atom. The number of aromatic nitrogens is 4. The van der Waals surface area contributed by atoms with Crippen molar-refractivity contribution in [3.05, 3.63) is 84.7 Å². The first-order chi connectivity index (χ1) is 17.1. The van der Waals surface area contributed by atoms with Crippen LogP contribution in [0.5, 0.6) is 5.75 Å². The number of nitrogen functional groups attached to an aromatic ring is 2. The Morgan fingerprint density at radius 2 is 1.71 bits per heavy atom. The van der Waals surface area contributed by atoms with Crippen LogP contribution >= 0.6 is 12.2 Å². The van der Waals surface area contributed by atoms with Crippen LogP contribution in [0.2, 0.25) is 0 Å². The van der Waals surface area contributed by atoms with Gasteiger partial charge in [-0.1, -0.05) is 60.7 Å². The normalized spacial score (nSPS) is 19.1. The maximum absolute atomic E-state index is 6.19. The monoisotopic (exact) mass is 488 g/mol. The lowest BCUT2D eigenvalue weighted by molar-refractivity contribution is 0.0321.